The maximum absolute atomic E-state index is 12.0. The maximum atomic E-state index is 12.0. The minimum absolute atomic E-state index is 0.0212. The molecule has 0 saturated heterocycles. The Morgan fingerprint density at radius 3 is 1.77 bits per heavy atom. The van der Waals surface area contributed by atoms with E-state index in [9.17, 15) is 24.9 Å². The van der Waals surface area contributed by atoms with Gasteiger partial charge in [0.1, 0.15) is 13.6 Å². The van der Waals surface area contributed by atoms with Crippen molar-refractivity contribution in [2.45, 2.75) is 208 Å². The summed E-state index contributed by atoms with van der Waals surface area (Å²) in [6, 6.07) is 0. The molecule has 69 heavy (non-hydrogen) atoms. The van der Waals surface area contributed by atoms with E-state index in [1.807, 2.05) is 0 Å². The molecule has 0 aromatic heterocycles. The lowest BCUT2D eigenvalue weighted by atomic mass is 9.40. The predicted molar refractivity (Wildman–Crippen MR) is 267 cm³/mol. The minimum Gasteiger partial charge on any atom is -0.481 e. The molecule has 0 aromatic rings. The van der Waals surface area contributed by atoms with Crippen LogP contribution in [0.4, 0.5) is 0 Å². The predicted octanol–water partition coefficient (Wildman–Crippen LogP) is 10.8. The summed E-state index contributed by atoms with van der Waals surface area (Å²) < 4.78 is 29.4. The van der Waals surface area contributed by atoms with Crippen molar-refractivity contribution in [1.29, 1.82) is 0 Å². The Kier molecular flexibility index (Phi) is 17.9. The lowest BCUT2D eigenvalue weighted by Gasteiger charge is -2.66. The normalized spacial score (nSPS) is 48.5. The molecule has 4 unspecified atom stereocenters. The second-order valence-electron chi connectivity index (χ2n) is 25.9. The number of aliphatic hydroxyl groups excluding tert-OH is 3. The zero-order valence-corrected chi connectivity index (χ0v) is 45.3. The van der Waals surface area contributed by atoms with Crippen LogP contribution in [-0.4, -0.2) is 97.8 Å². The molecule has 8 saturated carbocycles. The van der Waals surface area contributed by atoms with E-state index in [2.05, 4.69) is 62.3 Å². The van der Waals surface area contributed by atoms with Crippen LogP contribution in [0.3, 0.4) is 0 Å². The number of esters is 1. The summed E-state index contributed by atoms with van der Waals surface area (Å²) in [5.74, 6) is 5.59. The second-order valence-corrected chi connectivity index (χ2v) is 25.9. The van der Waals surface area contributed by atoms with Gasteiger partial charge in [0.25, 0.3) is 0 Å². The third-order valence-electron chi connectivity index (χ3n) is 23.3. The fourth-order valence-corrected chi connectivity index (χ4v) is 19.9. The van der Waals surface area contributed by atoms with Gasteiger partial charge in [0, 0.05) is 32.5 Å². The van der Waals surface area contributed by atoms with Crippen molar-refractivity contribution in [2.24, 2.45) is 110 Å². The van der Waals surface area contributed by atoms with Crippen molar-refractivity contribution in [1.82, 2.24) is 0 Å². The Morgan fingerprint density at radius 1 is 0.623 bits per heavy atom. The zero-order chi connectivity index (χ0) is 50.4. The zero-order valence-electron chi connectivity index (χ0n) is 45.3. The highest BCUT2D eigenvalue weighted by atomic mass is 16.7. The van der Waals surface area contributed by atoms with Crippen molar-refractivity contribution >= 4 is 11.9 Å². The van der Waals surface area contributed by atoms with Crippen molar-refractivity contribution in [3.05, 3.63) is 0 Å². The third-order valence-corrected chi connectivity index (χ3v) is 23.3. The first-order valence-corrected chi connectivity index (χ1v) is 28.3. The molecule has 0 heterocycles. The third kappa shape index (κ3) is 9.80. The van der Waals surface area contributed by atoms with Gasteiger partial charge >= 0.3 is 11.9 Å². The van der Waals surface area contributed by atoms with Crippen molar-refractivity contribution in [3.8, 4) is 0 Å². The number of carbonyl (C=O) groups is 2. The smallest absolute Gasteiger partial charge is 0.305 e. The fraction of sp³-hybridized carbons (Fsp3) is 0.966. The number of aliphatic hydroxyl groups is 3. The Balaban J connectivity index is 0.000000208. The number of rotatable bonds is 16. The average molecular weight is 973 g/mol. The Labute approximate surface area is 418 Å². The van der Waals surface area contributed by atoms with Gasteiger partial charge < -0.3 is 44.1 Å². The van der Waals surface area contributed by atoms with E-state index in [0.717, 1.165) is 70.1 Å². The molecule has 8 fully saturated rings. The summed E-state index contributed by atoms with van der Waals surface area (Å²) in [4.78, 5) is 23.1. The van der Waals surface area contributed by atoms with Gasteiger partial charge in [0.05, 0.1) is 37.6 Å². The van der Waals surface area contributed by atoms with Crippen LogP contribution in [0.1, 0.15) is 178 Å². The van der Waals surface area contributed by atoms with E-state index in [0.29, 0.717) is 91.0 Å². The second kappa shape index (κ2) is 22.2. The molecule has 4 N–H and O–H groups in total. The van der Waals surface area contributed by atoms with Gasteiger partial charge in [0.15, 0.2) is 0 Å². The summed E-state index contributed by atoms with van der Waals surface area (Å²) in [6.07, 6.45) is 16.4. The number of carboxylic acids is 1. The lowest BCUT2D eigenvalue weighted by molar-refractivity contribution is -0.262. The maximum Gasteiger partial charge on any atom is 0.305 e. The number of methoxy groups -OCH3 is 3. The van der Waals surface area contributed by atoms with Gasteiger partial charge in [-0.25, -0.2) is 0 Å². The summed E-state index contributed by atoms with van der Waals surface area (Å²) in [7, 11) is 4.98. The first-order chi connectivity index (χ1) is 32.7. The highest BCUT2D eigenvalue weighted by Crippen LogP contribution is 2.72. The molecule has 8 aliphatic carbocycles. The first-order valence-electron chi connectivity index (χ1n) is 28.3. The number of carboxylic acid groups (broad SMARTS) is 1. The van der Waals surface area contributed by atoms with E-state index in [-0.39, 0.29) is 76.7 Å². The van der Waals surface area contributed by atoms with Crippen LogP contribution in [0.2, 0.25) is 0 Å². The Bertz CT molecular complexity index is 1710. The van der Waals surface area contributed by atoms with Gasteiger partial charge in [-0.3, -0.25) is 9.59 Å². The molecular formula is C58H100O11. The summed E-state index contributed by atoms with van der Waals surface area (Å²) in [5.41, 5.74) is 0.150. The van der Waals surface area contributed by atoms with E-state index in [1.165, 1.54) is 39.2 Å². The van der Waals surface area contributed by atoms with E-state index in [4.69, 9.17) is 28.8 Å². The molecule has 11 nitrogen and oxygen atoms in total. The van der Waals surface area contributed by atoms with E-state index >= 15 is 0 Å². The van der Waals surface area contributed by atoms with Crippen molar-refractivity contribution < 1.29 is 53.7 Å². The monoisotopic (exact) mass is 973 g/mol. The van der Waals surface area contributed by atoms with E-state index < -0.39 is 12.1 Å². The minimum atomic E-state index is -0.747. The molecule has 0 aromatic carbocycles. The largest absolute Gasteiger partial charge is 0.481 e. The quantitative estimate of drug-likeness (QED) is 0.0861. The van der Waals surface area contributed by atoms with Gasteiger partial charge in [-0.05, 0) is 188 Å². The molecule has 0 aliphatic heterocycles. The fourth-order valence-electron chi connectivity index (χ4n) is 19.9. The number of ether oxygens (including phenoxy) is 5. The van der Waals surface area contributed by atoms with Gasteiger partial charge in [-0.1, -0.05) is 81.6 Å². The Hall–Kier alpha value is -1.34. The van der Waals surface area contributed by atoms with Crippen LogP contribution in [0.15, 0.2) is 0 Å². The molecule has 8 aliphatic rings. The summed E-state index contributed by atoms with van der Waals surface area (Å²) in [5, 5.41) is 42.9. The van der Waals surface area contributed by atoms with Crippen LogP contribution < -0.4 is 0 Å². The number of carbonyl (C=O) groups excluding carboxylic acids is 1. The number of hydrogen-bond donors (Lipinski definition) is 4. The number of hydrogen-bond acceptors (Lipinski definition) is 10. The SMILES string of the molecule is CC[C@H]1[C@@H](O)[C@H]2C3CC[C@H]([C@H](C)CCC(=O)O)[C@@]3(C)[C@@H](O)CC2[C@@]2(C)CC[C@@H](O)C[C@@H]12.CC[C@H]1[C@@H](OCOC)[C@H]2C3CC[C@H]([C@H](C)CCC(=O)OC)[C@@]3(C)[C@@H](OCOC)CC2[C@@]2(C)CC[C@@H](C)C[C@@H]12. The van der Waals surface area contributed by atoms with Crippen LogP contribution in [0.5, 0.6) is 0 Å². The average Bonchev–Trinajstić information content (AvgIpc) is 3.88. The van der Waals surface area contributed by atoms with Gasteiger partial charge in [-0.15, -0.1) is 0 Å². The molecule has 8 rings (SSSR count). The molecule has 0 radical (unpaired) electrons. The lowest BCUT2D eigenvalue weighted by Crippen LogP contribution is -2.65. The van der Waals surface area contributed by atoms with Crippen LogP contribution in [-0.2, 0) is 33.3 Å². The van der Waals surface area contributed by atoms with Crippen LogP contribution >= 0.6 is 0 Å². The van der Waals surface area contributed by atoms with E-state index in [1.54, 1.807) is 14.2 Å². The van der Waals surface area contributed by atoms with Crippen molar-refractivity contribution in [3.63, 3.8) is 0 Å². The van der Waals surface area contributed by atoms with Gasteiger partial charge in [-0.2, -0.15) is 0 Å². The molecule has 11 heteroatoms. The molecule has 0 amide bonds. The number of aliphatic carboxylic acids is 1. The molecule has 398 valence electrons. The van der Waals surface area contributed by atoms with Crippen molar-refractivity contribution in [2.75, 3.05) is 34.9 Å². The Morgan fingerprint density at radius 2 is 1.17 bits per heavy atom. The number of fused-ring (bicyclic) bond motifs is 10. The van der Waals surface area contributed by atoms with Gasteiger partial charge in [0.2, 0.25) is 0 Å². The topological polar surface area (TPSA) is 161 Å². The molecular weight excluding hydrogens is 873 g/mol. The highest BCUT2D eigenvalue weighted by molar-refractivity contribution is 5.69. The summed E-state index contributed by atoms with van der Waals surface area (Å²) >= 11 is 0. The highest BCUT2D eigenvalue weighted by Gasteiger charge is 2.70. The van der Waals surface area contributed by atoms with Crippen LogP contribution in [0.25, 0.3) is 0 Å². The summed E-state index contributed by atoms with van der Waals surface area (Å²) in [6.45, 7) is 22.0. The molecule has 24 atom stereocenters. The molecule has 0 bridgehead atoms. The van der Waals surface area contributed by atoms with Crippen LogP contribution in [0, 0.1) is 110 Å². The standard InChI is InChI=1S/C32H56O6.C26H44O5/c1-9-22-25-16-20(2)14-15-31(25,4)26-17-27(37-18-34-6)32(5)23(21(3)10-13-28(33)36-8)11-12-24(32)29(26)30(22)38-19-35-7;1-5-16-19-12-15(27)10-11-25(19,3)20-13-21(28)26(4)17(14(2)6-9-22(29)30)7-8-18(26)23(20)24(16)31/h20-27,29-30H,9-19H2,1-8H3;14-21,23-24,27-28,31H,5-13H2,1-4H3,(H,29,30)/t20-,21-,22-,23-,24?,25+,26?,27+,29+,30-,31+,32-;14-,15-,16-,17-,18?,19+,20?,21+,23+,24-,25+,26-/m11/s1. The molecule has 0 spiro atoms. The first kappa shape index (κ1) is 55.4.